The van der Waals surface area contributed by atoms with Crippen molar-refractivity contribution in [2.24, 2.45) is 14.1 Å². The number of sulfonamides is 1. The smallest absolute Gasteiger partial charge is 0.327 e. The monoisotopic (exact) mass is 391 g/mol. The van der Waals surface area contributed by atoms with E-state index in [1.807, 2.05) is 35.8 Å². The minimum atomic E-state index is -4.11. The Bertz CT molecular complexity index is 1240. The highest BCUT2D eigenvalue weighted by molar-refractivity contribution is 7.89. The van der Waals surface area contributed by atoms with Crippen LogP contribution in [-0.4, -0.2) is 38.5 Å². The molecule has 0 aliphatic heterocycles. The molecule has 0 radical (unpaired) electrons. The summed E-state index contributed by atoms with van der Waals surface area (Å²) in [6, 6.07) is 7.55. The molecule has 0 aliphatic carbocycles. The van der Waals surface area contributed by atoms with Crippen molar-refractivity contribution in [3.8, 4) is 0 Å². The molecule has 0 fully saturated rings. The molecule has 144 valence electrons. The van der Waals surface area contributed by atoms with Gasteiger partial charge in [0.05, 0.1) is 17.6 Å². The Morgan fingerprint density at radius 1 is 1.15 bits per heavy atom. The number of benzene rings is 1. The molecule has 0 saturated carbocycles. The minimum absolute atomic E-state index is 0.00313. The number of nitrogens with zero attached hydrogens (tertiary/aromatic N) is 5. The summed E-state index contributed by atoms with van der Waals surface area (Å²) in [5, 5.41) is 0. The van der Waals surface area contributed by atoms with Gasteiger partial charge in [0.1, 0.15) is 5.82 Å². The van der Waals surface area contributed by atoms with Crippen molar-refractivity contribution in [1.82, 2.24) is 23.0 Å². The van der Waals surface area contributed by atoms with Crippen LogP contribution in [0.1, 0.15) is 12.7 Å². The van der Waals surface area contributed by atoms with Gasteiger partial charge in [0, 0.05) is 33.9 Å². The zero-order valence-corrected chi connectivity index (χ0v) is 16.4. The lowest BCUT2D eigenvalue weighted by molar-refractivity contribution is 0.445. The summed E-state index contributed by atoms with van der Waals surface area (Å²) in [5.74, 6) is 0.575. The van der Waals surface area contributed by atoms with Crippen molar-refractivity contribution in [2.75, 3.05) is 7.05 Å². The largest absolute Gasteiger partial charge is 0.330 e. The van der Waals surface area contributed by atoms with E-state index < -0.39 is 26.2 Å². The molecule has 3 aromatic rings. The number of fused-ring (bicyclic) bond motifs is 1. The molecular weight excluding hydrogens is 370 g/mol. The van der Waals surface area contributed by atoms with E-state index >= 15 is 0 Å². The first-order chi connectivity index (χ1) is 12.7. The molecule has 9 nitrogen and oxygen atoms in total. The summed E-state index contributed by atoms with van der Waals surface area (Å²) in [4.78, 5) is 28.2. The maximum absolute atomic E-state index is 12.9. The van der Waals surface area contributed by atoms with Crippen molar-refractivity contribution in [2.45, 2.75) is 24.9 Å². The average Bonchev–Trinajstić information content (AvgIpc) is 2.99. The molecule has 0 N–H and O–H groups in total. The van der Waals surface area contributed by atoms with Crippen LogP contribution in [0.5, 0.6) is 0 Å². The molecule has 2 aromatic heterocycles. The molecule has 27 heavy (non-hydrogen) atoms. The number of para-hydroxylation sites is 2. The third kappa shape index (κ3) is 3.10. The minimum Gasteiger partial charge on any atom is -0.327 e. The summed E-state index contributed by atoms with van der Waals surface area (Å²) < 4.78 is 30.8. The number of hydrogen-bond acceptors (Lipinski definition) is 5. The highest BCUT2D eigenvalue weighted by Gasteiger charge is 2.27. The maximum Gasteiger partial charge on any atom is 0.330 e. The van der Waals surface area contributed by atoms with Gasteiger partial charge >= 0.3 is 5.69 Å². The molecule has 0 unspecified atom stereocenters. The maximum atomic E-state index is 12.9. The fourth-order valence-corrected chi connectivity index (χ4v) is 4.27. The number of hydrogen-bond donors (Lipinski definition) is 0. The molecule has 0 amide bonds. The Labute approximate surface area is 156 Å². The van der Waals surface area contributed by atoms with Gasteiger partial charge in [-0.3, -0.25) is 9.36 Å². The number of aromatic nitrogens is 4. The van der Waals surface area contributed by atoms with Gasteiger partial charge in [-0.05, 0) is 19.1 Å². The van der Waals surface area contributed by atoms with E-state index in [0.717, 1.165) is 30.7 Å². The van der Waals surface area contributed by atoms with Crippen molar-refractivity contribution in [3.05, 3.63) is 57.1 Å². The summed E-state index contributed by atoms with van der Waals surface area (Å²) in [6.07, 6.45) is 1.05. The Balaban J connectivity index is 2.05. The second kappa shape index (κ2) is 6.78. The fourth-order valence-electron chi connectivity index (χ4n) is 3.00. The lowest BCUT2D eigenvalue weighted by Crippen LogP contribution is -2.41. The first-order valence-electron chi connectivity index (χ1n) is 8.35. The third-order valence-electron chi connectivity index (χ3n) is 4.52. The van der Waals surface area contributed by atoms with E-state index in [9.17, 15) is 18.0 Å². The number of aryl methyl sites for hydroxylation is 2. The predicted octanol–water partition coefficient (Wildman–Crippen LogP) is 0.274. The molecule has 1 aromatic carbocycles. The van der Waals surface area contributed by atoms with Gasteiger partial charge in [0.15, 0.2) is 4.90 Å². The second-order valence-corrected chi connectivity index (χ2v) is 8.29. The van der Waals surface area contributed by atoms with Crippen LogP contribution in [0.15, 0.2) is 44.9 Å². The van der Waals surface area contributed by atoms with Gasteiger partial charge in [0.25, 0.3) is 5.56 Å². The highest BCUT2D eigenvalue weighted by Crippen LogP contribution is 2.19. The SMILES string of the molecule is CCn1c(CN(C)S(=O)(=O)c2cn(C)c(=O)n(C)c2=O)nc2ccccc21. The molecule has 0 spiro atoms. The Kier molecular flexibility index (Phi) is 4.79. The lowest BCUT2D eigenvalue weighted by Gasteiger charge is -2.18. The van der Waals surface area contributed by atoms with Gasteiger partial charge in [-0.25, -0.2) is 18.2 Å². The van der Waals surface area contributed by atoms with Crippen LogP contribution in [0.4, 0.5) is 0 Å². The molecular formula is C17H21N5O4S. The van der Waals surface area contributed by atoms with Crippen LogP contribution in [0.25, 0.3) is 11.0 Å². The second-order valence-electron chi connectivity index (χ2n) is 6.27. The van der Waals surface area contributed by atoms with Gasteiger partial charge in [-0.15, -0.1) is 0 Å². The zero-order valence-electron chi connectivity index (χ0n) is 15.6. The van der Waals surface area contributed by atoms with Gasteiger partial charge < -0.3 is 9.13 Å². The van der Waals surface area contributed by atoms with Crippen LogP contribution >= 0.6 is 0 Å². The molecule has 0 bridgehead atoms. The molecule has 3 rings (SSSR count). The van der Waals surface area contributed by atoms with Crippen molar-refractivity contribution in [1.29, 1.82) is 0 Å². The van der Waals surface area contributed by atoms with Crippen LogP contribution in [0, 0.1) is 0 Å². The van der Waals surface area contributed by atoms with Gasteiger partial charge in [0.2, 0.25) is 10.0 Å². The van der Waals surface area contributed by atoms with E-state index in [4.69, 9.17) is 0 Å². The summed E-state index contributed by atoms with van der Waals surface area (Å²) in [5.41, 5.74) is 0.250. The summed E-state index contributed by atoms with van der Waals surface area (Å²) in [6.45, 7) is 2.58. The normalized spacial score (nSPS) is 12.2. The lowest BCUT2D eigenvalue weighted by atomic mass is 10.3. The van der Waals surface area contributed by atoms with Crippen LogP contribution in [0.2, 0.25) is 0 Å². The van der Waals surface area contributed by atoms with E-state index in [-0.39, 0.29) is 6.54 Å². The average molecular weight is 391 g/mol. The van der Waals surface area contributed by atoms with Gasteiger partial charge in [-0.2, -0.15) is 4.31 Å². The number of rotatable bonds is 5. The Hall–Kier alpha value is -2.72. The number of imidazole rings is 1. The van der Waals surface area contributed by atoms with E-state index in [1.165, 1.54) is 21.1 Å². The van der Waals surface area contributed by atoms with E-state index in [1.54, 1.807) is 0 Å². The molecule has 2 heterocycles. The standard InChI is InChI=1S/C17H21N5O4S/c1-5-22-13-9-7-6-8-12(13)18-15(22)11-20(3)27(25,26)14-10-19(2)17(24)21(4)16(14)23/h6-10H,5,11H2,1-4H3. The van der Waals surface area contributed by atoms with Crippen molar-refractivity contribution in [3.63, 3.8) is 0 Å². The molecule has 0 atom stereocenters. The summed E-state index contributed by atoms with van der Waals surface area (Å²) in [7, 11) is -0.0667. The highest BCUT2D eigenvalue weighted by atomic mass is 32.2. The van der Waals surface area contributed by atoms with Crippen LogP contribution < -0.4 is 11.2 Å². The Morgan fingerprint density at radius 3 is 2.48 bits per heavy atom. The van der Waals surface area contributed by atoms with E-state index in [2.05, 4.69) is 4.98 Å². The van der Waals surface area contributed by atoms with Crippen LogP contribution in [0.3, 0.4) is 0 Å². The molecule has 10 heteroatoms. The van der Waals surface area contributed by atoms with E-state index in [0.29, 0.717) is 12.4 Å². The van der Waals surface area contributed by atoms with Gasteiger partial charge in [-0.1, -0.05) is 12.1 Å². The first-order valence-corrected chi connectivity index (χ1v) is 9.79. The summed E-state index contributed by atoms with van der Waals surface area (Å²) >= 11 is 0. The van der Waals surface area contributed by atoms with Crippen molar-refractivity contribution < 1.29 is 8.42 Å². The third-order valence-corrected chi connectivity index (χ3v) is 6.30. The van der Waals surface area contributed by atoms with Crippen molar-refractivity contribution >= 4 is 21.1 Å². The van der Waals surface area contributed by atoms with Crippen LogP contribution in [-0.2, 0) is 37.2 Å². The first kappa shape index (κ1) is 19.1. The zero-order chi connectivity index (χ0) is 19.9. The molecule has 0 saturated heterocycles. The molecule has 0 aliphatic rings. The quantitative estimate of drug-likeness (QED) is 0.622. The fraction of sp³-hybridized carbons (Fsp3) is 0.353. The topological polar surface area (TPSA) is 99.2 Å². The Morgan fingerprint density at radius 2 is 1.81 bits per heavy atom. The predicted molar refractivity (Wildman–Crippen MR) is 101 cm³/mol.